The molecule has 2 N–H and O–H groups in total. The summed E-state index contributed by atoms with van der Waals surface area (Å²) in [4.78, 5) is 4.21. The lowest BCUT2D eigenvalue weighted by molar-refractivity contribution is 1.06. The SMILES string of the molecule is C=CCC(=C/c1ccsc1)/C(C)=N\CN. The van der Waals surface area contributed by atoms with E-state index in [4.69, 9.17) is 5.73 Å². The van der Waals surface area contributed by atoms with Gasteiger partial charge in [-0.05, 0) is 47.4 Å². The van der Waals surface area contributed by atoms with E-state index in [9.17, 15) is 0 Å². The van der Waals surface area contributed by atoms with Crippen molar-refractivity contribution in [1.29, 1.82) is 0 Å². The van der Waals surface area contributed by atoms with E-state index < -0.39 is 0 Å². The van der Waals surface area contributed by atoms with Gasteiger partial charge in [0.25, 0.3) is 0 Å². The van der Waals surface area contributed by atoms with E-state index >= 15 is 0 Å². The Kier molecular flexibility index (Phi) is 5.01. The molecule has 0 aliphatic carbocycles. The quantitative estimate of drug-likeness (QED) is 0.601. The van der Waals surface area contributed by atoms with Crippen LogP contribution in [-0.4, -0.2) is 12.4 Å². The summed E-state index contributed by atoms with van der Waals surface area (Å²) in [6.07, 6.45) is 4.84. The molecule has 1 aromatic rings. The first-order valence-electron chi connectivity index (χ1n) is 4.83. The van der Waals surface area contributed by atoms with Crippen molar-refractivity contribution in [3.63, 3.8) is 0 Å². The Morgan fingerprint density at radius 1 is 1.67 bits per heavy atom. The van der Waals surface area contributed by atoms with Gasteiger partial charge in [-0.2, -0.15) is 11.3 Å². The van der Waals surface area contributed by atoms with Gasteiger partial charge in [-0.25, -0.2) is 0 Å². The maximum atomic E-state index is 5.40. The van der Waals surface area contributed by atoms with Gasteiger partial charge in [0.1, 0.15) is 0 Å². The minimum absolute atomic E-state index is 0.337. The van der Waals surface area contributed by atoms with Gasteiger partial charge in [0.05, 0.1) is 6.67 Å². The lowest BCUT2D eigenvalue weighted by Gasteiger charge is -2.03. The second-order valence-corrected chi connectivity index (χ2v) is 3.93. The van der Waals surface area contributed by atoms with E-state index in [1.807, 2.05) is 13.0 Å². The van der Waals surface area contributed by atoms with Crippen LogP contribution in [0.4, 0.5) is 0 Å². The maximum Gasteiger partial charge on any atom is 0.0862 e. The van der Waals surface area contributed by atoms with Gasteiger partial charge in [0.15, 0.2) is 0 Å². The van der Waals surface area contributed by atoms with E-state index in [1.54, 1.807) is 11.3 Å². The maximum absolute atomic E-state index is 5.40. The summed E-state index contributed by atoms with van der Waals surface area (Å²) in [6, 6.07) is 2.09. The topological polar surface area (TPSA) is 38.4 Å². The van der Waals surface area contributed by atoms with Crippen molar-refractivity contribution in [3.8, 4) is 0 Å². The fourth-order valence-corrected chi connectivity index (χ4v) is 1.88. The Labute approximate surface area is 94.8 Å². The molecule has 1 rings (SSSR count). The van der Waals surface area contributed by atoms with Gasteiger partial charge in [-0.3, -0.25) is 4.99 Å². The van der Waals surface area contributed by atoms with Crippen molar-refractivity contribution in [3.05, 3.63) is 40.6 Å². The molecular weight excluding hydrogens is 204 g/mol. The largest absolute Gasteiger partial charge is 0.312 e. The molecule has 0 radical (unpaired) electrons. The first-order valence-corrected chi connectivity index (χ1v) is 5.77. The second kappa shape index (κ2) is 6.32. The smallest absolute Gasteiger partial charge is 0.0862 e. The molecule has 0 unspecified atom stereocenters. The number of allylic oxidation sites excluding steroid dienone is 2. The summed E-state index contributed by atoms with van der Waals surface area (Å²) in [6.45, 7) is 6.07. The van der Waals surface area contributed by atoms with Crippen molar-refractivity contribution >= 4 is 23.1 Å². The molecule has 0 aliphatic heterocycles. The lowest BCUT2D eigenvalue weighted by Crippen LogP contribution is -2.02. The minimum Gasteiger partial charge on any atom is -0.312 e. The number of hydrogen-bond donors (Lipinski definition) is 1. The standard InChI is InChI=1S/C12H16N2S/c1-3-4-12(10(2)14-9-13)7-11-5-6-15-8-11/h3,5-8H,1,4,9,13H2,2H3/b12-7-,14-10-. The van der Waals surface area contributed by atoms with Gasteiger partial charge in [-0.1, -0.05) is 6.08 Å². The highest BCUT2D eigenvalue weighted by molar-refractivity contribution is 7.08. The van der Waals surface area contributed by atoms with E-state index in [0.29, 0.717) is 6.67 Å². The van der Waals surface area contributed by atoms with Gasteiger partial charge in [0.2, 0.25) is 0 Å². The Balaban J connectivity index is 2.91. The highest BCUT2D eigenvalue weighted by Crippen LogP contribution is 2.14. The Hall–Kier alpha value is -1.19. The zero-order chi connectivity index (χ0) is 11.1. The van der Waals surface area contributed by atoms with Crippen LogP contribution in [0.5, 0.6) is 0 Å². The molecule has 1 heterocycles. The summed E-state index contributed by atoms with van der Waals surface area (Å²) in [5.41, 5.74) is 8.77. The van der Waals surface area contributed by atoms with E-state index in [-0.39, 0.29) is 0 Å². The molecule has 80 valence electrons. The predicted molar refractivity (Wildman–Crippen MR) is 69.3 cm³/mol. The van der Waals surface area contributed by atoms with Crippen molar-refractivity contribution in [2.45, 2.75) is 13.3 Å². The average molecular weight is 220 g/mol. The molecule has 1 aromatic heterocycles. The monoisotopic (exact) mass is 220 g/mol. The third kappa shape index (κ3) is 3.81. The van der Waals surface area contributed by atoms with Crippen LogP contribution in [0.15, 0.2) is 40.0 Å². The van der Waals surface area contributed by atoms with Gasteiger partial charge < -0.3 is 5.73 Å². The molecule has 3 heteroatoms. The van der Waals surface area contributed by atoms with Gasteiger partial charge in [-0.15, -0.1) is 6.58 Å². The average Bonchev–Trinajstić information content (AvgIpc) is 2.70. The van der Waals surface area contributed by atoms with Crippen LogP contribution in [0, 0.1) is 0 Å². The van der Waals surface area contributed by atoms with Crippen LogP contribution in [0.3, 0.4) is 0 Å². The zero-order valence-corrected chi connectivity index (χ0v) is 9.76. The molecule has 0 saturated carbocycles. The van der Waals surface area contributed by atoms with Crippen LogP contribution >= 0.6 is 11.3 Å². The van der Waals surface area contributed by atoms with E-state index in [1.165, 1.54) is 11.1 Å². The first-order chi connectivity index (χ1) is 7.27. The molecule has 0 atom stereocenters. The Morgan fingerprint density at radius 2 is 2.47 bits per heavy atom. The highest BCUT2D eigenvalue weighted by Gasteiger charge is 2.00. The lowest BCUT2D eigenvalue weighted by atomic mass is 10.1. The predicted octanol–water partition coefficient (Wildman–Crippen LogP) is 3.08. The number of nitrogens with two attached hydrogens (primary N) is 1. The van der Waals surface area contributed by atoms with Crippen molar-refractivity contribution in [2.75, 3.05) is 6.67 Å². The normalized spacial score (nSPS) is 12.9. The molecule has 15 heavy (non-hydrogen) atoms. The number of thiophene rings is 1. The summed E-state index contributed by atoms with van der Waals surface area (Å²) in [7, 11) is 0. The first kappa shape index (κ1) is 11.9. The molecule has 0 saturated heterocycles. The summed E-state index contributed by atoms with van der Waals surface area (Å²) in [5, 5.41) is 4.17. The molecule has 0 aliphatic rings. The molecule has 0 fully saturated rings. The number of nitrogens with zero attached hydrogens (tertiary/aromatic N) is 1. The van der Waals surface area contributed by atoms with Crippen LogP contribution in [0.1, 0.15) is 18.9 Å². The summed E-state index contributed by atoms with van der Waals surface area (Å²) < 4.78 is 0. The number of aliphatic imine (C=N–C) groups is 1. The fraction of sp³-hybridized carbons (Fsp3) is 0.250. The second-order valence-electron chi connectivity index (χ2n) is 3.15. The van der Waals surface area contributed by atoms with E-state index in [0.717, 1.165) is 12.1 Å². The van der Waals surface area contributed by atoms with Crippen molar-refractivity contribution < 1.29 is 0 Å². The highest BCUT2D eigenvalue weighted by atomic mass is 32.1. The summed E-state index contributed by atoms with van der Waals surface area (Å²) in [5.74, 6) is 0. The molecule has 0 aromatic carbocycles. The molecular formula is C12H16N2S. The number of rotatable bonds is 5. The molecule has 0 amide bonds. The number of hydrogen-bond acceptors (Lipinski definition) is 3. The molecule has 2 nitrogen and oxygen atoms in total. The van der Waals surface area contributed by atoms with Crippen molar-refractivity contribution in [2.24, 2.45) is 10.7 Å². The van der Waals surface area contributed by atoms with Gasteiger partial charge >= 0.3 is 0 Å². The van der Waals surface area contributed by atoms with Crippen LogP contribution in [-0.2, 0) is 0 Å². The van der Waals surface area contributed by atoms with Crippen molar-refractivity contribution in [1.82, 2.24) is 0 Å². The molecule has 0 spiro atoms. The summed E-state index contributed by atoms with van der Waals surface area (Å²) >= 11 is 1.69. The molecule has 0 bridgehead atoms. The van der Waals surface area contributed by atoms with Gasteiger partial charge in [0, 0.05) is 5.71 Å². The Bertz CT molecular complexity index is 361. The zero-order valence-electron chi connectivity index (χ0n) is 8.94. The van der Waals surface area contributed by atoms with E-state index in [2.05, 4.69) is 34.5 Å². The minimum atomic E-state index is 0.337. The van der Waals surface area contributed by atoms with Crippen LogP contribution in [0.2, 0.25) is 0 Å². The van der Waals surface area contributed by atoms with Crippen LogP contribution < -0.4 is 5.73 Å². The third-order valence-electron chi connectivity index (χ3n) is 2.04. The third-order valence-corrected chi connectivity index (χ3v) is 2.74. The fourth-order valence-electron chi connectivity index (χ4n) is 1.26. The Morgan fingerprint density at radius 3 is 3.00 bits per heavy atom. The van der Waals surface area contributed by atoms with Crippen LogP contribution in [0.25, 0.3) is 6.08 Å².